The van der Waals surface area contributed by atoms with Crippen molar-refractivity contribution in [3.63, 3.8) is 0 Å². The van der Waals surface area contributed by atoms with Crippen LogP contribution in [0, 0.1) is 11.6 Å². The maximum Gasteiger partial charge on any atom is 0.408 e. The van der Waals surface area contributed by atoms with Crippen molar-refractivity contribution >= 4 is 22.9 Å². The second kappa shape index (κ2) is 10.6. The van der Waals surface area contributed by atoms with Crippen LogP contribution < -0.4 is 5.32 Å². The second-order valence-corrected chi connectivity index (χ2v) is 8.91. The highest BCUT2D eigenvalue weighted by molar-refractivity contribution is 5.91. The average molecular weight is 492 g/mol. The Balaban J connectivity index is 1.66. The van der Waals surface area contributed by atoms with Crippen LogP contribution in [0.3, 0.4) is 0 Å². The average Bonchev–Trinajstić information content (AvgIpc) is 3.26. The van der Waals surface area contributed by atoms with E-state index in [1.807, 2.05) is 54.6 Å². The minimum atomic E-state index is -1.59. The van der Waals surface area contributed by atoms with Crippen molar-refractivity contribution in [3.05, 3.63) is 107 Å². The highest BCUT2D eigenvalue weighted by atomic mass is 19.1. The molecule has 186 valence electrons. The summed E-state index contributed by atoms with van der Waals surface area (Å²) in [7, 11) is 0. The summed E-state index contributed by atoms with van der Waals surface area (Å²) in [6.45, 7) is 1.40. The first-order valence-electron chi connectivity index (χ1n) is 11.6. The topological polar surface area (TPSA) is 85.4 Å². The molecule has 0 bridgehead atoms. The standard InChI is InChI=1S/C28H27F2N3O3/c1-28(16-21-17-32-25-10-6-5-9-23(21)25,26(34)31-14-13-19-7-3-2-4-8-19)33(27(35)36)18-20-11-12-22(29)15-24(20)30/h2-12,15,17,32H,13-14,16,18H2,1H3,(H,31,34)(H,35,36)/t28-/m0/s1. The number of carbonyl (C=O) groups is 2. The number of benzene rings is 3. The molecule has 0 saturated carbocycles. The summed E-state index contributed by atoms with van der Waals surface area (Å²) < 4.78 is 27.9. The number of halogens is 2. The predicted octanol–water partition coefficient (Wildman–Crippen LogP) is 5.29. The molecule has 1 atom stereocenters. The highest BCUT2D eigenvalue weighted by Crippen LogP contribution is 2.29. The molecule has 0 saturated heterocycles. The van der Waals surface area contributed by atoms with E-state index in [9.17, 15) is 23.5 Å². The van der Waals surface area contributed by atoms with Gasteiger partial charge in [-0.2, -0.15) is 0 Å². The quantitative estimate of drug-likeness (QED) is 0.298. The molecule has 0 fully saturated rings. The third-order valence-electron chi connectivity index (χ3n) is 6.41. The number of H-pyrrole nitrogens is 1. The molecule has 8 heteroatoms. The van der Waals surface area contributed by atoms with Gasteiger partial charge in [0, 0.05) is 41.7 Å². The van der Waals surface area contributed by atoms with Gasteiger partial charge in [0.25, 0.3) is 0 Å². The minimum absolute atomic E-state index is 0.0268. The molecular weight excluding hydrogens is 464 g/mol. The van der Waals surface area contributed by atoms with Gasteiger partial charge in [-0.3, -0.25) is 9.69 Å². The smallest absolute Gasteiger partial charge is 0.408 e. The van der Waals surface area contributed by atoms with Crippen molar-refractivity contribution in [2.45, 2.75) is 31.8 Å². The van der Waals surface area contributed by atoms with Crippen molar-refractivity contribution < 1.29 is 23.5 Å². The van der Waals surface area contributed by atoms with Gasteiger partial charge in [-0.1, -0.05) is 54.6 Å². The zero-order chi connectivity index (χ0) is 25.7. The molecule has 3 N–H and O–H groups in total. The zero-order valence-electron chi connectivity index (χ0n) is 19.8. The molecule has 2 amide bonds. The fourth-order valence-corrected chi connectivity index (χ4v) is 4.38. The van der Waals surface area contributed by atoms with E-state index in [1.54, 1.807) is 6.20 Å². The third kappa shape index (κ3) is 5.38. The fourth-order valence-electron chi connectivity index (χ4n) is 4.38. The Hall–Kier alpha value is -4.20. The van der Waals surface area contributed by atoms with Crippen LogP contribution in [0.1, 0.15) is 23.6 Å². The van der Waals surface area contributed by atoms with E-state index in [4.69, 9.17) is 0 Å². The summed E-state index contributed by atoms with van der Waals surface area (Å²) in [4.78, 5) is 30.1. The number of carboxylic acid groups (broad SMARTS) is 1. The second-order valence-electron chi connectivity index (χ2n) is 8.91. The first kappa shape index (κ1) is 24.9. The number of nitrogens with zero attached hydrogens (tertiary/aromatic N) is 1. The molecular formula is C28H27F2N3O3. The van der Waals surface area contributed by atoms with Crippen LogP contribution in [0.2, 0.25) is 0 Å². The molecule has 1 heterocycles. The molecule has 0 spiro atoms. The Morgan fingerprint density at radius 2 is 1.72 bits per heavy atom. The molecule has 1 aromatic heterocycles. The predicted molar refractivity (Wildman–Crippen MR) is 133 cm³/mol. The van der Waals surface area contributed by atoms with Crippen LogP contribution >= 0.6 is 0 Å². The lowest BCUT2D eigenvalue weighted by Gasteiger charge is -2.38. The number of hydrogen-bond acceptors (Lipinski definition) is 2. The van der Waals surface area contributed by atoms with E-state index in [-0.39, 0.29) is 12.0 Å². The lowest BCUT2D eigenvalue weighted by molar-refractivity contribution is -0.132. The Bertz CT molecular complexity index is 1370. The molecule has 3 aromatic carbocycles. The van der Waals surface area contributed by atoms with E-state index in [1.165, 1.54) is 13.0 Å². The lowest BCUT2D eigenvalue weighted by Crippen LogP contribution is -2.59. The van der Waals surface area contributed by atoms with E-state index in [0.717, 1.165) is 33.0 Å². The number of hydrogen-bond donors (Lipinski definition) is 3. The number of rotatable bonds is 9. The third-order valence-corrected chi connectivity index (χ3v) is 6.41. The summed E-state index contributed by atoms with van der Waals surface area (Å²) in [5, 5.41) is 13.9. The van der Waals surface area contributed by atoms with Crippen molar-refractivity contribution in [2.75, 3.05) is 6.54 Å². The summed E-state index contributed by atoms with van der Waals surface area (Å²) in [6.07, 6.45) is 0.969. The summed E-state index contributed by atoms with van der Waals surface area (Å²) >= 11 is 0. The number of para-hydroxylation sites is 1. The molecule has 4 rings (SSSR count). The van der Waals surface area contributed by atoms with Crippen molar-refractivity contribution in [1.82, 2.24) is 15.2 Å². The monoisotopic (exact) mass is 491 g/mol. The molecule has 0 unspecified atom stereocenters. The highest BCUT2D eigenvalue weighted by Gasteiger charge is 2.43. The van der Waals surface area contributed by atoms with Crippen LogP contribution in [0.4, 0.5) is 13.6 Å². The van der Waals surface area contributed by atoms with Gasteiger partial charge in [0.2, 0.25) is 5.91 Å². The Kier molecular flexibility index (Phi) is 7.33. The SMILES string of the molecule is C[C@](Cc1c[nH]c2ccccc12)(C(=O)NCCc1ccccc1)N(Cc1ccc(F)cc1F)C(=O)O. The maximum atomic E-state index is 14.5. The molecule has 36 heavy (non-hydrogen) atoms. The largest absolute Gasteiger partial charge is 0.465 e. The van der Waals surface area contributed by atoms with E-state index < -0.39 is 35.7 Å². The van der Waals surface area contributed by atoms with Gasteiger partial charge < -0.3 is 15.4 Å². The van der Waals surface area contributed by atoms with E-state index in [0.29, 0.717) is 19.0 Å². The van der Waals surface area contributed by atoms with Gasteiger partial charge in [-0.25, -0.2) is 13.6 Å². The van der Waals surface area contributed by atoms with Gasteiger partial charge in [-0.05, 0) is 36.6 Å². The first-order valence-corrected chi connectivity index (χ1v) is 11.6. The summed E-state index contributed by atoms with van der Waals surface area (Å²) in [5.41, 5.74) is 1.01. The van der Waals surface area contributed by atoms with Crippen LogP contribution in [-0.2, 0) is 24.2 Å². The Labute approximate surface area is 207 Å². The Morgan fingerprint density at radius 1 is 1.00 bits per heavy atom. The molecule has 0 aliphatic heterocycles. The van der Waals surface area contributed by atoms with E-state index in [2.05, 4.69) is 10.3 Å². The number of carbonyl (C=O) groups excluding carboxylic acids is 1. The number of fused-ring (bicyclic) bond motifs is 1. The van der Waals surface area contributed by atoms with Crippen LogP contribution in [0.25, 0.3) is 10.9 Å². The van der Waals surface area contributed by atoms with Crippen molar-refractivity contribution in [3.8, 4) is 0 Å². The number of aromatic nitrogens is 1. The molecule has 0 aliphatic rings. The first-order chi connectivity index (χ1) is 17.3. The zero-order valence-corrected chi connectivity index (χ0v) is 19.8. The number of nitrogens with one attached hydrogen (secondary N) is 2. The minimum Gasteiger partial charge on any atom is -0.465 e. The van der Waals surface area contributed by atoms with Crippen LogP contribution in [0.15, 0.2) is 79.0 Å². The van der Waals surface area contributed by atoms with Gasteiger partial charge in [0.15, 0.2) is 0 Å². The molecule has 0 radical (unpaired) electrons. The molecule has 0 aliphatic carbocycles. The summed E-state index contributed by atoms with van der Waals surface area (Å²) in [5.74, 6) is -2.15. The summed E-state index contributed by atoms with van der Waals surface area (Å²) in [6, 6.07) is 20.1. The fraction of sp³-hybridized carbons (Fsp3) is 0.214. The van der Waals surface area contributed by atoms with E-state index >= 15 is 0 Å². The Morgan fingerprint density at radius 3 is 2.44 bits per heavy atom. The maximum absolute atomic E-state index is 14.5. The van der Waals surface area contributed by atoms with Crippen molar-refractivity contribution in [1.29, 1.82) is 0 Å². The van der Waals surface area contributed by atoms with Gasteiger partial charge >= 0.3 is 6.09 Å². The number of aromatic amines is 1. The molecule has 4 aromatic rings. The van der Waals surface area contributed by atoms with Gasteiger partial charge in [0.1, 0.15) is 17.2 Å². The van der Waals surface area contributed by atoms with Crippen molar-refractivity contribution in [2.24, 2.45) is 0 Å². The number of amides is 2. The lowest BCUT2D eigenvalue weighted by atomic mass is 9.89. The van der Waals surface area contributed by atoms with Crippen LogP contribution in [0.5, 0.6) is 0 Å². The van der Waals surface area contributed by atoms with Gasteiger partial charge in [-0.15, -0.1) is 0 Å². The molecule has 6 nitrogen and oxygen atoms in total. The van der Waals surface area contributed by atoms with Crippen LogP contribution in [-0.4, -0.2) is 39.1 Å². The normalized spacial score (nSPS) is 12.8. The van der Waals surface area contributed by atoms with Gasteiger partial charge in [0.05, 0.1) is 6.54 Å².